The summed E-state index contributed by atoms with van der Waals surface area (Å²) in [6, 6.07) is 7.49. The number of thioether (sulfide) groups is 1. The number of nitrogen functional groups attached to an aromatic ring is 1. The maximum absolute atomic E-state index is 11.0. The first-order valence-corrected chi connectivity index (χ1v) is 5.45. The standard InChI is InChI=1S/C10H11N3OS/c1-6-9(12-13-10(14)15-6)7-3-2-4-8(11)5-7/h2-6H,11H2,1H3,(H,13,14). The second-order valence-corrected chi connectivity index (χ2v) is 4.60. The monoisotopic (exact) mass is 221 g/mol. The van der Waals surface area contributed by atoms with Crippen LogP contribution in [-0.2, 0) is 0 Å². The summed E-state index contributed by atoms with van der Waals surface area (Å²) in [7, 11) is 0. The average Bonchev–Trinajstić information content (AvgIpc) is 2.17. The Kier molecular flexibility index (Phi) is 2.64. The zero-order chi connectivity index (χ0) is 10.8. The Balaban J connectivity index is 2.35. The number of carbonyl (C=O) groups is 1. The quantitative estimate of drug-likeness (QED) is 0.711. The van der Waals surface area contributed by atoms with Gasteiger partial charge in [-0.1, -0.05) is 23.9 Å². The second-order valence-electron chi connectivity index (χ2n) is 3.28. The van der Waals surface area contributed by atoms with Gasteiger partial charge in [-0.05, 0) is 19.1 Å². The molecule has 0 fully saturated rings. The summed E-state index contributed by atoms with van der Waals surface area (Å²) < 4.78 is 0. The van der Waals surface area contributed by atoms with Crippen LogP contribution in [0.3, 0.4) is 0 Å². The highest BCUT2D eigenvalue weighted by atomic mass is 32.2. The molecule has 1 unspecified atom stereocenters. The van der Waals surface area contributed by atoms with Crippen molar-refractivity contribution in [2.75, 3.05) is 5.73 Å². The van der Waals surface area contributed by atoms with E-state index < -0.39 is 0 Å². The molecule has 0 saturated heterocycles. The van der Waals surface area contributed by atoms with E-state index in [1.54, 1.807) is 0 Å². The molecule has 0 bridgehead atoms. The number of rotatable bonds is 1. The number of benzene rings is 1. The van der Waals surface area contributed by atoms with E-state index in [0.717, 1.165) is 11.3 Å². The molecular weight excluding hydrogens is 210 g/mol. The number of anilines is 1. The van der Waals surface area contributed by atoms with Gasteiger partial charge in [-0.15, -0.1) is 0 Å². The number of amides is 1. The first-order valence-electron chi connectivity index (χ1n) is 4.57. The van der Waals surface area contributed by atoms with E-state index in [4.69, 9.17) is 5.73 Å². The largest absolute Gasteiger partial charge is 0.399 e. The number of nitrogens with two attached hydrogens (primary N) is 1. The van der Waals surface area contributed by atoms with Gasteiger partial charge in [-0.2, -0.15) is 5.10 Å². The Labute approximate surface area is 91.9 Å². The van der Waals surface area contributed by atoms with Crippen LogP contribution in [0.5, 0.6) is 0 Å². The smallest absolute Gasteiger partial charge is 0.299 e. The van der Waals surface area contributed by atoms with Gasteiger partial charge in [0.2, 0.25) is 0 Å². The van der Waals surface area contributed by atoms with Crippen LogP contribution < -0.4 is 11.2 Å². The third-order valence-electron chi connectivity index (χ3n) is 2.12. The number of hydrogen-bond donors (Lipinski definition) is 2. The predicted molar refractivity (Wildman–Crippen MR) is 63.0 cm³/mol. The third-order valence-corrected chi connectivity index (χ3v) is 3.00. The van der Waals surface area contributed by atoms with Crippen molar-refractivity contribution in [3.63, 3.8) is 0 Å². The van der Waals surface area contributed by atoms with Crippen molar-refractivity contribution < 1.29 is 4.79 Å². The molecule has 15 heavy (non-hydrogen) atoms. The molecule has 0 saturated carbocycles. The molecule has 0 aliphatic carbocycles. The lowest BCUT2D eigenvalue weighted by atomic mass is 10.1. The van der Waals surface area contributed by atoms with Gasteiger partial charge in [0.1, 0.15) is 0 Å². The van der Waals surface area contributed by atoms with Gasteiger partial charge in [0, 0.05) is 11.3 Å². The van der Waals surface area contributed by atoms with Crippen LogP contribution in [-0.4, -0.2) is 16.2 Å². The Morgan fingerprint density at radius 2 is 2.33 bits per heavy atom. The Morgan fingerprint density at radius 1 is 1.53 bits per heavy atom. The van der Waals surface area contributed by atoms with Gasteiger partial charge < -0.3 is 5.73 Å². The first-order chi connectivity index (χ1) is 7.16. The highest BCUT2D eigenvalue weighted by molar-refractivity contribution is 8.14. The van der Waals surface area contributed by atoms with E-state index in [1.807, 2.05) is 31.2 Å². The first kappa shape index (κ1) is 10.0. The number of hydrogen-bond acceptors (Lipinski definition) is 4. The van der Waals surface area contributed by atoms with Gasteiger partial charge in [0.05, 0.1) is 11.0 Å². The number of carbonyl (C=O) groups excluding carboxylic acids is 1. The van der Waals surface area contributed by atoms with Gasteiger partial charge in [-0.25, -0.2) is 5.43 Å². The van der Waals surface area contributed by atoms with Crippen LogP contribution in [0.4, 0.5) is 10.5 Å². The minimum Gasteiger partial charge on any atom is -0.399 e. The lowest BCUT2D eigenvalue weighted by molar-refractivity contribution is 0.261. The lowest BCUT2D eigenvalue weighted by Gasteiger charge is -2.18. The molecule has 1 aromatic carbocycles. The van der Waals surface area contributed by atoms with Crippen LogP contribution in [0.25, 0.3) is 0 Å². The normalized spacial score (nSPS) is 20.7. The van der Waals surface area contributed by atoms with Crippen LogP contribution >= 0.6 is 11.8 Å². The molecule has 1 aromatic rings. The number of nitrogens with zero attached hydrogens (tertiary/aromatic N) is 1. The summed E-state index contributed by atoms with van der Waals surface area (Å²) in [5, 5.41) is 3.98. The van der Waals surface area contributed by atoms with Crippen molar-refractivity contribution in [2.45, 2.75) is 12.2 Å². The van der Waals surface area contributed by atoms with Crippen LogP contribution in [0.15, 0.2) is 29.4 Å². The molecular formula is C10H11N3OS. The summed E-state index contributed by atoms with van der Waals surface area (Å²) in [5.74, 6) is 0. The van der Waals surface area contributed by atoms with Gasteiger partial charge in [-0.3, -0.25) is 4.79 Å². The van der Waals surface area contributed by atoms with Crippen LogP contribution in [0, 0.1) is 0 Å². The Bertz CT molecular complexity index is 430. The van der Waals surface area contributed by atoms with E-state index in [0.29, 0.717) is 5.69 Å². The molecule has 5 heteroatoms. The molecule has 0 radical (unpaired) electrons. The minimum absolute atomic E-state index is 0.0561. The van der Waals surface area contributed by atoms with Crippen molar-refractivity contribution >= 4 is 28.4 Å². The molecule has 0 aromatic heterocycles. The van der Waals surface area contributed by atoms with Crippen molar-refractivity contribution in [3.05, 3.63) is 29.8 Å². The lowest BCUT2D eigenvalue weighted by Crippen LogP contribution is -2.29. The highest BCUT2D eigenvalue weighted by Crippen LogP contribution is 2.21. The summed E-state index contributed by atoms with van der Waals surface area (Å²) in [5.41, 5.74) is 10.6. The fraction of sp³-hybridized carbons (Fsp3) is 0.200. The van der Waals surface area contributed by atoms with E-state index in [9.17, 15) is 4.79 Å². The van der Waals surface area contributed by atoms with Crippen LogP contribution in [0.2, 0.25) is 0 Å². The van der Waals surface area contributed by atoms with E-state index in [1.165, 1.54) is 11.8 Å². The topological polar surface area (TPSA) is 67.5 Å². The third kappa shape index (κ3) is 2.12. The summed E-state index contributed by atoms with van der Waals surface area (Å²) >= 11 is 1.23. The number of hydrazone groups is 1. The summed E-state index contributed by atoms with van der Waals surface area (Å²) in [6.07, 6.45) is 0. The average molecular weight is 221 g/mol. The Morgan fingerprint density at radius 3 is 3.00 bits per heavy atom. The highest BCUT2D eigenvalue weighted by Gasteiger charge is 2.22. The molecule has 1 amide bonds. The molecule has 78 valence electrons. The SMILES string of the molecule is CC1SC(=O)NN=C1c1cccc(N)c1. The van der Waals surface area contributed by atoms with Crippen molar-refractivity contribution in [1.29, 1.82) is 0 Å². The summed E-state index contributed by atoms with van der Waals surface area (Å²) in [4.78, 5) is 11.0. The van der Waals surface area contributed by atoms with E-state index in [-0.39, 0.29) is 10.5 Å². The molecule has 3 N–H and O–H groups in total. The van der Waals surface area contributed by atoms with Gasteiger partial charge >= 0.3 is 0 Å². The molecule has 1 atom stereocenters. The predicted octanol–water partition coefficient (Wildman–Crippen LogP) is 1.82. The fourth-order valence-electron chi connectivity index (χ4n) is 1.44. The fourth-order valence-corrected chi connectivity index (χ4v) is 2.16. The Hall–Kier alpha value is -1.49. The maximum atomic E-state index is 11.0. The molecule has 4 nitrogen and oxygen atoms in total. The molecule has 1 aliphatic heterocycles. The minimum atomic E-state index is -0.116. The van der Waals surface area contributed by atoms with Gasteiger partial charge in [0.25, 0.3) is 5.24 Å². The molecule has 1 aliphatic rings. The van der Waals surface area contributed by atoms with E-state index in [2.05, 4.69) is 10.5 Å². The van der Waals surface area contributed by atoms with E-state index >= 15 is 0 Å². The molecule has 0 spiro atoms. The van der Waals surface area contributed by atoms with Crippen LogP contribution in [0.1, 0.15) is 12.5 Å². The second kappa shape index (κ2) is 3.94. The van der Waals surface area contributed by atoms with Crippen molar-refractivity contribution in [2.24, 2.45) is 5.10 Å². The van der Waals surface area contributed by atoms with Crippen molar-refractivity contribution in [1.82, 2.24) is 5.43 Å². The molecule has 2 rings (SSSR count). The zero-order valence-electron chi connectivity index (χ0n) is 8.23. The summed E-state index contributed by atoms with van der Waals surface area (Å²) in [6.45, 7) is 1.95. The zero-order valence-corrected chi connectivity index (χ0v) is 9.04. The number of nitrogens with one attached hydrogen (secondary N) is 1. The van der Waals surface area contributed by atoms with Crippen molar-refractivity contribution in [3.8, 4) is 0 Å². The molecule has 1 heterocycles. The van der Waals surface area contributed by atoms with Gasteiger partial charge in [0.15, 0.2) is 0 Å². The maximum Gasteiger partial charge on any atom is 0.299 e.